The van der Waals surface area contributed by atoms with Gasteiger partial charge in [-0.3, -0.25) is 15.0 Å². The van der Waals surface area contributed by atoms with Crippen LogP contribution >= 0.6 is 0 Å². The second-order valence-electron chi connectivity index (χ2n) is 5.14. The van der Waals surface area contributed by atoms with Crippen molar-refractivity contribution in [2.24, 2.45) is 0 Å². The van der Waals surface area contributed by atoms with Crippen LogP contribution in [0.4, 0.5) is 5.69 Å². The smallest absolute Gasteiger partial charge is 0.271 e. The minimum atomic E-state index is -0.357. The van der Waals surface area contributed by atoms with E-state index in [1.165, 1.54) is 24.8 Å². The number of piperidine rings is 1. The Bertz CT molecular complexity index is 600. The van der Waals surface area contributed by atoms with Crippen LogP contribution in [-0.2, 0) is 6.54 Å². The first-order valence-electron chi connectivity index (χ1n) is 6.71. The Morgan fingerprint density at radius 1 is 1.26 bits per heavy atom. The zero-order valence-corrected chi connectivity index (χ0v) is 10.8. The van der Waals surface area contributed by atoms with Crippen molar-refractivity contribution in [3.8, 4) is 0 Å². The van der Waals surface area contributed by atoms with Gasteiger partial charge in [0.15, 0.2) is 0 Å². The number of nitro groups is 1. The first-order chi connectivity index (χ1) is 9.24. The molecule has 0 saturated carbocycles. The van der Waals surface area contributed by atoms with E-state index in [0.29, 0.717) is 0 Å². The quantitative estimate of drug-likeness (QED) is 0.680. The number of fused-ring (bicyclic) bond motifs is 1. The molecule has 0 spiro atoms. The van der Waals surface area contributed by atoms with E-state index in [2.05, 4.69) is 9.88 Å². The van der Waals surface area contributed by atoms with E-state index in [0.717, 1.165) is 30.5 Å². The average molecular weight is 259 g/mol. The molecule has 2 heterocycles. The van der Waals surface area contributed by atoms with Crippen LogP contribution in [-0.4, -0.2) is 27.9 Å². The molecule has 1 aromatic carbocycles. The minimum absolute atomic E-state index is 0.138. The number of nitrogens with one attached hydrogen (secondary N) is 1. The van der Waals surface area contributed by atoms with Gasteiger partial charge in [-0.25, -0.2) is 0 Å². The van der Waals surface area contributed by atoms with Gasteiger partial charge in [0.1, 0.15) is 0 Å². The summed E-state index contributed by atoms with van der Waals surface area (Å²) >= 11 is 0. The highest BCUT2D eigenvalue weighted by molar-refractivity contribution is 5.85. The number of likely N-dealkylation sites (tertiary alicyclic amines) is 1. The van der Waals surface area contributed by atoms with Gasteiger partial charge in [-0.05, 0) is 37.6 Å². The van der Waals surface area contributed by atoms with Crippen LogP contribution in [0.25, 0.3) is 10.9 Å². The molecule has 1 N–H and O–H groups in total. The second-order valence-corrected chi connectivity index (χ2v) is 5.14. The Morgan fingerprint density at radius 2 is 2.05 bits per heavy atom. The van der Waals surface area contributed by atoms with Crippen molar-refractivity contribution >= 4 is 16.6 Å². The second kappa shape index (κ2) is 5.01. The fourth-order valence-electron chi connectivity index (χ4n) is 2.78. The zero-order valence-electron chi connectivity index (χ0n) is 10.8. The molecule has 0 atom stereocenters. The predicted octanol–water partition coefficient (Wildman–Crippen LogP) is 3.06. The van der Waals surface area contributed by atoms with Crippen molar-refractivity contribution < 1.29 is 4.92 Å². The lowest BCUT2D eigenvalue weighted by Crippen LogP contribution is -2.28. The molecule has 5 heteroatoms. The van der Waals surface area contributed by atoms with E-state index in [9.17, 15) is 10.1 Å². The molecule has 19 heavy (non-hydrogen) atoms. The fraction of sp³-hybridized carbons (Fsp3) is 0.429. The topological polar surface area (TPSA) is 62.2 Å². The molecule has 1 saturated heterocycles. The van der Waals surface area contributed by atoms with Crippen LogP contribution < -0.4 is 0 Å². The average Bonchev–Trinajstić information content (AvgIpc) is 2.82. The monoisotopic (exact) mass is 259 g/mol. The summed E-state index contributed by atoms with van der Waals surface area (Å²) < 4.78 is 0. The van der Waals surface area contributed by atoms with Gasteiger partial charge in [-0.2, -0.15) is 0 Å². The van der Waals surface area contributed by atoms with Gasteiger partial charge < -0.3 is 4.98 Å². The third kappa shape index (κ3) is 2.46. The molecule has 2 aromatic rings. The van der Waals surface area contributed by atoms with E-state index in [4.69, 9.17) is 0 Å². The van der Waals surface area contributed by atoms with Crippen molar-refractivity contribution in [3.63, 3.8) is 0 Å². The lowest BCUT2D eigenvalue weighted by molar-refractivity contribution is -0.384. The molecule has 0 aliphatic carbocycles. The molecule has 1 aromatic heterocycles. The highest BCUT2D eigenvalue weighted by Crippen LogP contribution is 2.25. The summed E-state index contributed by atoms with van der Waals surface area (Å²) in [6.07, 6.45) is 5.85. The maximum absolute atomic E-state index is 10.8. The Kier molecular flexibility index (Phi) is 3.21. The molecule has 0 unspecified atom stereocenters. The number of H-pyrrole nitrogens is 1. The van der Waals surface area contributed by atoms with E-state index in [-0.39, 0.29) is 10.6 Å². The number of rotatable bonds is 3. The molecule has 1 aliphatic heterocycles. The van der Waals surface area contributed by atoms with Gasteiger partial charge in [0.2, 0.25) is 0 Å². The predicted molar refractivity (Wildman–Crippen MR) is 74.1 cm³/mol. The lowest BCUT2D eigenvalue weighted by atomic mass is 10.1. The first kappa shape index (κ1) is 12.2. The molecule has 100 valence electrons. The van der Waals surface area contributed by atoms with Crippen LogP contribution in [0.1, 0.15) is 24.8 Å². The highest BCUT2D eigenvalue weighted by atomic mass is 16.6. The maximum Gasteiger partial charge on any atom is 0.271 e. The number of aromatic nitrogens is 1. The molecular weight excluding hydrogens is 242 g/mol. The SMILES string of the molecule is O=[N+]([O-])c1ccc2c(CN3CCCCC3)c[nH]c2c1. The summed E-state index contributed by atoms with van der Waals surface area (Å²) in [5.74, 6) is 0. The fourth-order valence-corrected chi connectivity index (χ4v) is 2.78. The van der Waals surface area contributed by atoms with Crippen molar-refractivity contribution in [1.82, 2.24) is 9.88 Å². The Labute approximate surface area is 111 Å². The summed E-state index contributed by atoms with van der Waals surface area (Å²) in [4.78, 5) is 16.0. The number of hydrogen-bond acceptors (Lipinski definition) is 3. The molecule has 0 radical (unpaired) electrons. The number of benzene rings is 1. The number of hydrogen-bond donors (Lipinski definition) is 1. The van der Waals surface area contributed by atoms with Crippen LogP contribution in [0.15, 0.2) is 24.4 Å². The molecular formula is C14H17N3O2. The van der Waals surface area contributed by atoms with Gasteiger partial charge in [0.05, 0.1) is 10.4 Å². The summed E-state index contributed by atoms with van der Waals surface area (Å²) in [5, 5.41) is 11.8. The number of nitrogens with zero attached hydrogens (tertiary/aromatic N) is 2. The maximum atomic E-state index is 10.8. The van der Waals surface area contributed by atoms with Crippen LogP contribution in [0.5, 0.6) is 0 Å². The van der Waals surface area contributed by atoms with Crippen molar-refractivity contribution in [1.29, 1.82) is 0 Å². The first-order valence-corrected chi connectivity index (χ1v) is 6.71. The van der Waals surface area contributed by atoms with Crippen LogP contribution in [0, 0.1) is 10.1 Å². The lowest BCUT2D eigenvalue weighted by Gasteiger charge is -2.26. The Hall–Kier alpha value is -1.88. The molecule has 0 bridgehead atoms. The normalized spacial score (nSPS) is 16.8. The third-order valence-corrected chi connectivity index (χ3v) is 3.80. The summed E-state index contributed by atoms with van der Waals surface area (Å²) in [5.41, 5.74) is 2.21. The van der Waals surface area contributed by atoms with Gasteiger partial charge in [-0.1, -0.05) is 6.42 Å². The zero-order chi connectivity index (χ0) is 13.2. The van der Waals surface area contributed by atoms with E-state index < -0.39 is 0 Å². The standard InChI is InChI=1S/C14H17N3O2/c18-17(19)12-4-5-13-11(9-15-14(13)8-12)10-16-6-2-1-3-7-16/h4-5,8-9,15H,1-3,6-7,10H2. The van der Waals surface area contributed by atoms with Gasteiger partial charge in [-0.15, -0.1) is 0 Å². The third-order valence-electron chi connectivity index (χ3n) is 3.80. The molecule has 5 nitrogen and oxygen atoms in total. The van der Waals surface area contributed by atoms with Crippen molar-refractivity contribution in [2.75, 3.05) is 13.1 Å². The molecule has 0 amide bonds. The van der Waals surface area contributed by atoms with Crippen molar-refractivity contribution in [3.05, 3.63) is 40.1 Å². The number of nitro benzene ring substituents is 1. The summed E-state index contributed by atoms with van der Waals surface area (Å²) in [6, 6.07) is 5.04. The van der Waals surface area contributed by atoms with Gasteiger partial charge in [0, 0.05) is 30.3 Å². The van der Waals surface area contributed by atoms with Crippen LogP contribution in [0.3, 0.4) is 0 Å². The number of non-ortho nitro benzene ring substituents is 1. The molecule has 3 rings (SSSR count). The Morgan fingerprint density at radius 3 is 2.79 bits per heavy atom. The number of aromatic amines is 1. The van der Waals surface area contributed by atoms with Crippen LogP contribution in [0.2, 0.25) is 0 Å². The molecule has 1 aliphatic rings. The largest absolute Gasteiger partial charge is 0.361 e. The van der Waals surface area contributed by atoms with E-state index in [1.54, 1.807) is 12.1 Å². The highest BCUT2D eigenvalue weighted by Gasteiger charge is 2.14. The Balaban J connectivity index is 1.86. The minimum Gasteiger partial charge on any atom is -0.361 e. The van der Waals surface area contributed by atoms with Gasteiger partial charge >= 0.3 is 0 Å². The van der Waals surface area contributed by atoms with E-state index >= 15 is 0 Å². The molecule has 1 fully saturated rings. The summed E-state index contributed by atoms with van der Waals surface area (Å²) in [6.45, 7) is 3.23. The van der Waals surface area contributed by atoms with E-state index in [1.807, 2.05) is 12.3 Å². The van der Waals surface area contributed by atoms with Gasteiger partial charge in [0.25, 0.3) is 5.69 Å². The summed E-state index contributed by atoms with van der Waals surface area (Å²) in [7, 11) is 0. The van der Waals surface area contributed by atoms with Crippen molar-refractivity contribution in [2.45, 2.75) is 25.8 Å².